The van der Waals surface area contributed by atoms with Gasteiger partial charge < -0.3 is 9.26 Å². The Hall–Kier alpha value is -1.41. The van der Waals surface area contributed by atoms with Crippen LogP contribution in [0.2, 0.25) is 0 Å². The minimum absolute atomic E-state index is 0.375. The SMILES string of the molecule is CCOC1(c2noc(CCC#N)n2)CCCCCC1. The van der Waals surface area contributed by atoms with Crippen molar-refractivity contribution in [2.24, 2.45) is 0 Å². The Balaban J connectivity index is 2.17. The van der Waals surface area contributed by atoms with Crippen LogP contribution < -0.4 is 0 Å². The fourth-order valence-electron chi connectivity index (χ4n) is 2.71. The maximum absolute atomic E-state index is 8.59. The molecule has 1 aliphatic rings. The first-order valence-electron chi connectivity index (χ1n) is 7.15. The Morgan fingerprint density at radius 1 is 1.32 bits per heavy atom. The summed E-state index contributed by atoms with van der Waals surface area (Å²) >= 11 is 0. The molecule has 0 radical (unpaired) electrons. The van der Waals surface area contributed by atoms with Crippen LogP contribution in [0.1, 0.15) is 63.6 Å². The van der Waals surface area contributed by atoms with Crippen molar-refractivity contribution in [2.45, 2.75) is 63.9 Å². The normalized spacial score (nSPS) is 18.7. The number of aryl methyl sites for hydroxylation is 1. The lowest BCUT2D eigenvalue weighted by molar-refractivity contribution is -0.0636. The predicted molar refractivity (Wildman–Crippen MR) is 69.2 cm³/mol. The van der Waals surface area contributed by atoms with Gasteiger partial charge in [-0.15, -0.1) is 0 Å². The average molecular weight is 263 g/mol. The Morgan fingerprint density at radius 3 is 2.68 bits per heavy atom. The standard InChI is InChI=1S/C14H21N3O2/c1-2-18-14(9-5-3-4-6-10-14)13-16-12(19-17-13)8-7-11-15/h2-10H2,1H3. The molecule has 5 nitrogen and oxygen atoms in total. The lowest BCUT2D eigenvalue weighted by Crippen LogP contribution is -2.30. The molecule has 2 rings (SSSR count). The topological polar surface area (TPSA) is 71.9 Å². The highest BCUT2D eigenvalue weighted by atomic mass is 16.5. The lowest BCUT2D eigenvalue weighted by Gasteiger charge is -2.29. The Labute approximate surface area is 113 Å². The number of ether oxygens (including phenoxy) is 1. The second-order valence-electron chi connectivity index (χ2n) is 5.01. The highest BCUT2D eigenvalue weighted by molar-refractivity contribution is 5.03. The molecule has 1 heterocycles. The number of nitrogens with zero attached hydrogens (tertiary/aromatic N) is 3. The second kappa shape index (κ2) is 6.67. The highest BCUT2D eigenvalue weighted by Crippen LogP contribution is 2.38. The van der Waals surface area contributed by atoms with Gasteiger partial charge in [0.15, 0.2) is 0 Å². The first-order chi connectivity index (χ1) is 9.30. The molecule has 0 aromatic carbocycles. The van der Waals surface area contributed by atoms with E-state index in [1.54, 1.807) is 0 Å². The third kappa shape index (κ3) is 3.32. The van der Waals surface area contributed by atoms with Crippen molar-refractivity contribution in [3.63, 3.8) is 0 Å². The first kappa shape index (κ1) is 14.0. The Kier molecular flexibility index (Phi) is 4.92. The maximum atomic E-state index is 8.59. The number of hydrogen-bond acceptors (Lipinski definition) is 5. The summed E-state index contributed by atoms with van der Waals surface area (Å²) in [6.45, 7) is 2.66. The van der Waals surface area contributed by atoms with E-state index >= 15 is 0 Å². The van der Waals surface area contributed by atoms with Crippen LogP contribution in [0.25, 0.3) is 0 Å². The Bertz CT molecular complexity index is 428. The molecular weight excluding hydrogens is 242 g/mol. The van der Waals surface area contributed by atoms with Crippen LogP contribution in [0.4, 0.5) is 0 Å². The molecule has 104 valence electrons. The van der Waals surface area contributed by atoms with E-state index in [0.29, 0.717) is 31.2 Å². The lowest BCUT2D eigenvalue weighted by atomic mass is 9.93. The Morgan fingerprint density at radius 2 is 2.05 bits per heavy atom. The maximum Gasteiger partial charge on any atom is 0.227 e. The zero-order chi connectivity index (χ0) is 13.6. The molecule has 0 aliphatic heterocycles. The van der Waals surface area contributed by atoms with Crippen molar-refractivity contribution in [1.82, 2.24) is 10.1 Å². The minimum atomic E-state index is -0.375. The van der Waals surface area contributed by atoms with Gasteiger partial charge in [0.25, 0.3) is 0 Å². The van der Waals surface area contributed by atoms with Gasteiger partial charge in [0.05, 0.1) is 6.07 Å². The quantitative estimate of drug-likeness (QED) is 0.763. The summed E-state index contributed by atoms with van der Waals surface area (Å²) in [6.07, 6.45) is 7.61. The van der Waals surface area contributed by atoms with Crippen LogP contribution in [0.3, 0.4) is 0 Å². The van der Waals surface area contributed by atoms with Crippen LogP contribution >= 0.6 is 0 Å². The van der Waals surface area contributed by atoms with Gasteiger partial charge >= 0.3 is 0 Å². The van der Waals surface area contributed by atoms with Crippen LogP contribution in [-0.2, 0) is 16.8 Å². The zero-order valence-corrected chi connectivity index (χ0v) is 11.5. The third-order valence-corrected chi connectivity index (χ3v) is 3.66. The molecule has 0 unspecified atom stereocenters. The van der Waals surface area contributed by atoms with Crippen LogP contribution in [0.15, 0.2) is 4.52 Å². The number of rotatable bonds is 5. The van der Waals surface area contributed by atoms with Gasteiger partial charge in [0.2, 0.25) is 11.7 Å². The van der Waals surface area contributed by atoms with Crippen LogP contribution in [0, 0.1) is 11.3 Å². The van der Waals surface area contributed by atoms with Gasteiger partial charge in [0.1, 0.15) is 5.60 Å². The molecular formula is C14H21N3O2. The summed E-state index contributed by atoms with van der Waals surface area (Å²) in [5.74, 6) is 1.21. The molecule has 1 fully saturated rings. The molecule has 1 aromatic heterocycles. The van der Waals surface area contributed by atoms with Gasteiger partial charge in [-0.1, -0.05) is 30.8 Å². The minimum Gasteiger partial charge on any atom is -0.367 e. The summed E-state index contributed by atoms with van der Waals surface area (Å²) in [6, 6.07) is 2.09. The van der Waals surface area contributed by atoms with Gasteiger partial charge in [0, 0.05) is 19.4 Å². The summed E-state index contributed by atoms with van der Waals surface area (Å²) in [4.78, 5) is 4.45. The van der Waals surface area contributed by atoms with E-state index in [2.05, 4.69) is 16.2 Å². The molecule has 0 saturated heterocycles. The van der Waals surface area contributed by atoms with Crippen molar-refractivity contribution in [1.29, 1.82) is 5.26 Å². The second-order valence-corrected chi connectivity index (χ2v) is 5.01. The zero-order valence-electron chi connectivity index (χ0n) is 11.5. The molecule has 5 heteroatoms. The average Bonchev–Trinajstić information content (AvgIpc) is 2.77. The number of aromatic nitrogens is 2. The van der Waals surface area contributed by atoms with Gasteiger partial charge in [-0.25, -0.2) is 0 Å². The molecule has 1 aliphatic carbocycles. The predicted octanol–water partition coefficient (Wildman–Crippen LogP) is 3.11. The van der Waals surface area contributed by atoms with E-state index < -0.39 is 0 Å². The summed E-state index contributed by atoms with van der Waals surface area (Å²) < 4.78 is 11.2. The first-order valence-corrected chi connectivity index (χ1v) is 7.15. The number of nitriles is 1. The molecule has 0 atom stereocenters. The summed E-state index contributed by atoms with van der Waals surface area (Å²) in [5.41, 5.74) is -0.375. The van der Waals surface area contributed by atoms with E-state index in [-0.39, 0.29) is 5.60 Å². The van der Waals surface area contributed by atoms with E-state index in [4.69, 9.17) is 14.5 Å². The third-order valence-electron chi connectivity index (χ3n) is 3.66. The fourth-order valence-corrected chi connectivity index (χ4v) is 2.71. The van der Waals surface area contributed by atoms with Crippen molar-refractivity contribution in [3.05, 3.63) is 11.7 Å². The molecule has 1 aromatic rings. The van der Waals surface area contributed by atoms with Crippen molar-refractivity contribution in [3.8, 4) is 6.07 Å². The van der Waals surface area contributed by atoms with Gasteiger partial charge in [-0.05, 0) is 19.8 Å². The molecule has 0 N–H and O–H groups in total. The molecule has 0 bridgehead atoms. The monoisotopic (exact) mass is 263 g/mol. The van der Waals surface area contributed by atoms with E-state index in [9.17, 15) is 0 Å². The largest absolute Gasteiger partial charge is 0.367 e. The van der Waals surface area contributed by atoms with Crippen molar-refractivity contribution < 1.29 is 9.26 Å². The molecule has 19 heavy (non-hydrogen) atoms. The molecule has 0 spiro atoms. The number of hydrogen-bond donors (Lipinski definition) is 0. The van der Waals surface area contributed by atoms with E-state index in [1.807, 2.05) is 6.92 Å². The van der Waals surface area contributed by atoms with Gasteiger partial charge in [-0.2, -0.15) is 10.2 Å². The van der Waals surface area contributed by atoms with Crippen molar-refractivity contribution >= 4 is 0 Å². The van der Waals surface area contributed by atoms with Crippen molar-refractivity contribution in [2.75, 3.05) is 6.61 Å². The van der Waals surface area contributed by atoms with E-state index in [1.165, 1.54) is 12.8 Å². The smallest absolute Gasteiger partial charge is 0.227 e. The highest BCUT2D eigenvalue weighted by Gasteiger charge is 2.38. The van der Waals surface area contributed by atoms with Crippen LogP contribution in [-0.4, -0.2) is 16.7 Å². The molecule has 1 saturated carbocycles. The van der Waals surface area contributed by atoms with Crippen LogP contribution in [0.5, 0.6) is 0 Å². The van der Waals surface area contributed by atoms with Gasteiger partial charge in [-0.3, -0.25) is 0 Å². The fraction of sp³-hybridized carbons (Fsp3) is 0.786. The summed E-state index contributed by atoms with van der Waals surface area (Å²) in [7, 11) is 0. The summed E-state index contributed by atoms with van der Waals surface area (Å²) in [5, 5.41) is 12.7. The molecule has 0 amide bonds. The van der Waals surface area contributed by atoms with E-state index in [0.717, 1.165) is 25.7 Å².